The molecule has 0 aromatic rings. The molecule has 0 radical (unpaired) electrons. The van der Waals surface area contributed by atoms with Gasteiger partial charge in [-0.1, -0.05) is 13.8 Å². The fraction of sp³-hybridized carbons (Fsp3) is 1.00. The fourth-order valence-electron chi connectivity index (χ4n) is 0.963. The van der Waals surface area contributed by atoms with Gasteiger partial charge in [0, 0.05) is 13.0 Å². The minimum Gasteiger partial charge on any atom is -0.367 e. The van der Waals surface area contributed by atoms with Crippen molar-refractivity contribution in [2.75, 3.05) is 6.54 Å². The first kappa shape index (κ1) is 11.8. The van der Waals surface area contributed by atoms with E-state index in [0.29, 0.717) is 6.42 Å². The van der Waals surface area contributed by atoms with Gasteiger partial charge in [0.15, 0.2) is 12.1 Å². The van der Waals surface area contributed by atoms with Crippen LogP contribution in [0.5, 0.6) is 0 Å². The topological polar surface area (TPSA) is 98.7 Å². The molecule has 0 bridgehead atoms. The molecule has 1 atom stereocenters. The van der Waals surface area contributed by atoms with Crippen LogP contribution in [0, 0.1) is 5.92 Å². The van der Waals surface area contributed by atoms with E-state index in [-0.39, 0.29) is 12.5 Å². The Morgan fingerprint density at radius 1 is 1.42 bits per heavy atom. The van der Waals surface area contributed by atoms with Crippen LogP contribution >= 0.6 is 0 Å². The molecule has 12 heavy (non-hydrogen) atoms. The molecule has 0 fully saturated rings. The summed E-state index contributed by atoms with van der Waals surface area (Å²) in [4.78, 5) is 0. The molecule has 0 aliphatic rings. The van der Waals surface area contributed by atoms with Crippen molar-refractivity contribution in [2.45, 2.75) is 32.4 Å². The van der Waals surface area contributed by atoms with Crippen molar-refractivity contribution in [1.82, 2.24) is 5.32 Å². The Morgan fingerprint density at radius 2 is 1.92 bits per heavy atom. The van der Waals surface area contributed by atoms with Crippen molar-refractivity contribution in [1.29, 1.82) is 0 Å². The van der Waals surface area contributed by atoms with Crippen molar-refractivity contribution in [3.05, 3.63) is 0 Å². The van der Waals surface area contributed by atoms with Crippen LogP contribution < -0.4 is 11.1 Å². The monoisotopic (exact) mass is 178 g/mol. The second-order valence-electron chi connectivity index (χ2n) is 3.38. The lowest BCUT2D eigenvalue weighted by molar-refractivity contribution is -0.0718. The van der Waals surface area contributed by atoms with Gasteiger partial charge in [-0.3, -0.25) is 11.1 Å². The summed E-state index contributed by atoms with van der Waals surface area (Å²) < 4.78 is 0. The number of hydrogen-bond donors (Lipinski definition) is 5. The highest BCUT2D eigenvalue weighted by molar-refractivity contribution is 4.69. The summed E-state index contributed by atoms with van der Waals surface area (Å²) in [7, 11) is 0. The van der Waals surface area contributed by atoms with Gasteiger partial charge in [0.25, 0.3) is 0 Å². The number of aliphatic hydroxyl groups excluding tert-OH is 1. The van der Waals surface area contributed by atoms with Crippen LogP contribution in [0.3, 0.4) is 0 Å². The summed E-state index contributed by atoms with van der Waals surface area (Å²) in [6, 6.07) is 0. The lowest BCUT2D eigenvalue weighted by Crippen LogP contribution is -2.56. The number of rotatable bonds is 5. The van der Waals surface area contributed by atoms with E-state index in [1.807, 2.05) is 13.8 Å². The second-order valence-corrected chi connectivity index (χ2v) is 3.38. The van der Waals surface area contributed by atoms with Crippen molar-refractivity contribution in [3.63, 3.8) is 0 Å². The summed E-state index contributed by atoms with van der Waals surface area (Å²) >= 11 is 0. The predicted molar refractivity (Wildman–Crippen MR) is 44.8 cm³/mol. The predicted octanol–water partition coefficient (Wildman–Crippen LogP) is -1.46. The summed E-state index contributed by atoms with van der Waals surface area (Å²) in [5, 5.41) is 28.8. The standard InChI is InChI=1S/C7H18N2O3/c1-5(2)3-7(8,12)9-4-6(10)11/h5-6,9-12H,3-4,8H2,1-2H3. The molecule has 0 aliphatic carbocycles. The zero-order chi connectivity index (χ0) is 9.78. The first-order valence-corrected chi connectivity index (χ1v) is 3.96. The Morgan fingerprint density at radius 3 is 2.25 bits per heavy atom. The summed E-state index contributed by atoms with van der Waals surface area (Å²) in [5.74, 6) is -1.28. The molecule has 0 spiro atoms. The third-order valence-electron chi connectivity index (χ3n) is 1.31. The minimum atomic E-state index is -1.52. The molecular formula is C7H18N2O3. The number of hydrogen-bond acceptors (Lipinski definition) is 5. The number of aliphatic hydroxyl groups is 3. The van der Waals surface area contributed by atoms with Gasteiger partial charge < -0.3 is 15.3 Å². The smallest absolute Gasteiger partial charge is 0.169 e. The van der Waals surface area contributed by atoms with Gasteiger partial charge in [-0.25, -0.2) is 0 Å². The number of nitrogens with two attached hydrogens (primary N) is 1. The van der Waals surface area contributed by atoms with Crippen molar-refractivity contribution >= 4 is 0 Å². The quantitative estimate of drug-likeness (QED) is 0.331. The van der Waals surface area contributed by atoms with E-state index < -0.39 is 12.1 Å². The van der Waals surface area contributed by atoms with Crippen LogP contribution in [0.15, 0.2) is 0 Å². The van der Waals surface area contributed by atoms with E-state index >= 15 is 0 Å². The van der Waals surface area contributed by atoms with Gasteiger partial charge >= 0.3 is 0 Å². The largest absolute Gasteiger partial charge is 0.367 e. The van der Waals surface area contributed by atoms with Gasteiger partial charge in [0.2, 0.25) is 0 Å². The van der Waals surface area contributed by atoms with Gasteiger partial charge in [-0.05, 0) is 5.92 Å². The van der Waals surface area contributed by atoms with Gasteiger partial charge in [-0.15, -0.1) is 0 Å². The molecule has 0 aromatic heterocycles. The molecule has 0 heterocycles. The molecule has 5 heteroatoms. The molecule has 0 rings (SSSR count). The van der Waals surface area contributed by atoms with E-state index in [9.17, 15) is 5.11 Å². The van der Waals surface area contributed by atoms with E-state index in [1.54, 1.807) is 0 Å². The summed E-state index contributed by atoms with van der Waals surface area (Å²) in [6.07, 6.45) is -1.13. The van der Waals surface area contributed by atoms with Crippen LogP contribution in [-0.2, 0) is 0 Å². The summed E-state index contributed by atoms with van der Waals surface area (Å²) in [6.45, 7) is 3.68. The zero-order valence-electron chi connectivity index (χ0n) is 7.49. The van der Waals surface area contributed by atoms with Crippen LogP contribution in [0.4, 0.5) is 0 Å². The Bertz CT molecular complexity index is 126. The average Bonchev–Trinajstić information content (AvgIpc) is 1.81. The highest BCUT2D eigenvalue weighted by Gasteiger charge is 2.21. The molecule has 0 saturated heterocycles. The van der Waals surface area contributed by atoms with Crippen LogP contribution in [0.1, 0.15) is 20.3 Å². The Balaban J connectivity index is 3.71. The maximum Gasteiger partial charge on any atom is 0.169 e. The van der Waals surface area contributed by atoms with E-state index in [1.165, 1.54) is 0 Å². The third-order valence-corrected chi connectivity index (χ3v) is 1.31. The molecule has 74 valence electrons. The minimum absolute atomic E-state index is 0.139. The van der Waals surface area contributed by atoms with E-state index in [4.69, 9.17) is 15.9 Å². The normalized spacial score (nSPS) is 17.0. The first-order valence-electron chi connectivity index (χ1n) is 3.96. The van der Waals surface area contributed by atoms with Gasteiger partial charge in [0.05, 0.1) is 0 Å². The molecule has 0 aliphatic heterocycles. The third kappa shape index (κ3) is 6.51. The highest BCUT2D eigenvalue weighted by atomic mass is 16.5. The van der Waals surface area contributed by atoms with Crippen LogP contribution in [-0.4, -0.2) is 34.0 Å². The lowest BCUT2D eigenvalue weighted by atomic mass is 10.1. The Kier molecular flexibility index (Phi) is 4.66. The number of nitrogens with one attached hydrogen (secondary N) is 1. The Hall–Kier alpha value is -0.200. The van der Waals surface area contributed by atoms with Gasteiger partial charge in [0.1, 0.15) is 0 Å². The molecule has 6 N–H and O–H groups in total. The lowest BCUT2D eigenvalue weighted by Gasteiger charge is -2.26. The average molecular weight is 178 g/mol. The van der Waals surface area contributed by atoms with Crippen molar-refractivity contribution < 1.29 is 15.3 Å². The fourth-order valence-corrected chi connectivity index (χ4v) is 0.963. The summed E-state index contributed by atoms with van der Waals surface area (Å²) in [5.41, 5.74) is 5.39. The molecule has 0 aromatic carbocycles. The van der Waals surface area contributed by atoms with E-state index in [2.05, 4.69) is 5.32 Å². The van der Waals surface area contributed by atoms with Crippen LogP contribution in [0.25, 0.3) is 0 Å². The molecule has 0 amide bonds. The first-order chi connectivity index (χ1) is 5.33. The van der Waals surface area contributed by atoms with Crippen molar-refractivity contribution in [2.24, 2.45) is 11.7 Å². The molecule has 1 unspecified atom stereocenters. The zero-order valence-corrected chi connectivity index (χ0v) is 7.49. The molecular weight excluding hydrogens is 160 g/mol. The molecule has 5 nitrogen and oxygen atoms in total. The second kappa shape index (κ2) is 4.74. The SMILES string of the molecule is CC(C)CC(N)(O)NCC(O)O. The van der Waals surface area contributed by atoms with E-state index in [0.717, 1.165) is 0 Å². The highest BCUT2D eigenvalue weighted by Crippen LogP contribution is 2.07. The molecule has 0 saturated carbocycles. The van der Waals surface area contributed by atoms with Crippen LogP contribution in [0.2, 0.25) is 0 Å². The maximum atomic E-state index is 9.38. The van der Waals surface area contributed by atoms with Crippen molar-refractivity contribution in [3.8, 4) is 0 Å². The van der Waals surface area contributed by atoms with Gasteiger partial charge in [-0.2, -0.15) is 0 Å². The Labute approximate surface area is 72.2 Å². The maximum absolute atomic E-state index is 9.38.